The number of halogens is 1. The fraction of sp³-hybridized carbons (Fsp3) is 0.105. The highest BCUT2D eigenvalue weighted by Crippen LogP contribution is 2.34. The highest BCUT2D eigenvalue weighted by Gasteiger charge is 2.24. The molecule has 0 aliphatic heterocycles. The summed E-state index contributed by atoms with van der Waals surface area (Å²) in [6.45, 7) is 3.24. The Kier molecular flexibility index (Phi) is 5.51. The first-order valence-electron chi connectivity index (χ1n) is 8.26. The number of rotatable bonds is 6. The first-order valence-corrected chi connectivity index (χ1v) is 8.64. The van der Waals surface area contributed by atoms with E-state index in [-0.39, 0.29) is 23.1 Å². The molecule has 0 atom stereocenters. The number of nitrogens with one attached hydrogen (secondary N) is 2. The van der Waals surface area contributed by atoms with Gasteiger partial charge in [-0.05, 0) is 43.7 Å². The van der Waals surface area contributed by atoms with Gasteiger partial charge in [-0.3, -0.25) is 14.9 Å². The van der Waals surface area contributed by atoms with Gasteiger partial charge < -0.3 is 10.6 Å². The highest BCUT2D eigenvalue weighted by molar-refractivity contribution is 6.31. The van der Waals surface area contributed by atoms with E-state index in [0.717, 1.165) is 5.56 Å². The molecule has 2 aromatic carbocycles. The number of carbonyl (C=O) groups is 1. The van der Waals surface area contributed by atoms with Crippen LogP contribution < -0.4 is 10.6 Å². The molecule has 3 rings (SSSR count). The minimum atomic E-state index is -0.570. The SMILES string of the molecule is CC(=O)c1cccc(Nc2ncnc(Nc3cccc(Cl)c3C)c2[N+](=O)[O-])c1. The molecule has 0 spiro atoms. The van der Waals surface area contributed by atoms with E-state index in [1.54, 1.807) is 49.4 Å². The Bertz CT molecular complexity index is 1070. The molecule has 142 valence electrons. The van der Waals surface area contributed by atoms with E-state index in [1.807, 2.05) is 0 Å². The van der Waals surface area contributed by atoms with Crippen molar-refractivity contribution in [1.29, 1.82) is 0 Å². The zero-order valence-corrected chi connectivity index (χ0v) is 15.8. The molecule has 3 aromatic rings. The average molecular weight is 398 g/mol. The van der Waals surface area contributed by atoms with E-state index in [0.29, 0.717) is 22.0 Å². The predicted molar refractivity (Wildman–Crippen MR) is 108 cm³/mol. The maximum absolute atomic E-state index is 11.7. The van der Waals surface area contributed by atoms with Gasteiger partial charge in [-0.2, -0.15) is 0 Å². The van der Waals surface area contributed by atoms with Crippen molar-refractivity contribution in [2.24, 2.45) is 0 Å². The molecule has 0 saturated heterocycles. The van der Waals surface area contributed by atoms with Crippen molar-refractivity contribution in [2.75, 3.05) is 10.6 Å². The van der Waals surface area contributed by atoms with Crippen molar-refractivity contribution in [3.8, 4) is 0 Å². The number of ketones is 1. The summed E-state index contributed by atoms with van der Waals surface area (Å²) in [4.78, 5) is 30.7. The predicted octanol–water partition coefficient (Wildman–Crippen LogP) is 5.04. The lowest BCUT2D eigenvalue weighted by molar-refractivity contribution is -0.383. The maximum Gasteiger partial charge on any atom is 0.353 e. The number of hydrogen-bond acceptors (Lipinski definition) is 7. The minimum Gasteiger partial charge on any atom is -0.334 e. The van der Waals surface area contributed by atoms with Crippen LogP contribution in [0.5, 0.6) is 0 Å². The van der Waals surface area contributed by atoms with Gasteiger partial charge in [0.1, 0.15) is 6.33 Å². The van der Waals surface area contributed by atoms with Crippen molar-refractivity contribution < 1.29 is 9.72 Å². The van der Waals surface area contributed by atoms with Gasteiger partial charge in [0.2, 0.25) is 11.6 Å². The fourth-order valence-electron chi connectivity index (χ4n) is 2.56. The van der Waals surface area contributed by atoms with Gasteiger partial charge in [-0.15, -0.1) is 0 Å². The highest BCUT2D eigenvalue weighted by atomic mass is 35.5. The van der Waals surface area contributed by atoms with Crippen molar-refractivity contribution in [3.05, 3.63) is 75.1 Å². The summed E-state index contributed by atoms with van der Waals surface area (Å²) in [5, 5.41) is 18.1. The van der Waals surface area contributed by atoms with E-state index in [4.69, 9.17) is 11.6 Å². The summed E-state index contributed by atoms with van der Waals surface area (Å²) in [5.41, 5.74) is 1.99. The lowest BCUT2D eigenvalue weighted by atomic mass is 10.1. The second-order valence-electron chi connectivity index (χ2n) is 5.98. The van der Waals surface area contributed by atoms with E-state index < -0.39 is 4.92 Å². The Balaban J connectivity index is 2.00. The summed E-state index contributed by atoms with van der Waals surface area (Å²) in [7, 11) is 0. The number of nitrogens with zero attached hydrogens (tertiary/aromatic N) is 3. The molecule has 1 heterocycles. The molecule has 0 radical (unpaired) electrons. The van der Waals surface area contributed by atoms with Gasteiger partial charge in [-0.25, -0.2) is 9.97 Å². The van der Waals surface area contributed by atoms with E-state index >= 15 is 0 Å². The van der Waals surface area contributed by atoms with Gasteiger partial charge >= 0.3 is 5.69 Å². The summed E-state index contributed by atoms with van der Waals surface area (Å²) in [6, 6.07) is 11.8. The van der Waals surface area contributed by atoms with Crippen molar-refractivity contribution in [1.82, 2.24) is 9.97 Å². The van der Waals surface area contributed by atoms with Crippen molar-refractivity contribution in [3.63, 3.8) is 0 Å². The van der Waals surface area contributed by atoms with Crippen LogP contribution in [0.15, 0.2) is 48.8 Å². The second kappa shape index (κ2) is 8.01. The molecule has 0 aliphatic carbocycles. The van der Waals surface area contributed by atoms with E-state index in [1.165, 1.54) is 13.3 Å². The van der Waals surface area contributed by atoms with Gasteiger partial charge in [-0.1, -0.05) is 29.8 Å². The molecule has 0 aliphatic rings. The maximum atomic E-state index is 11.7. The van der Waals surface area contributed by atoms with Crippen molar-refractivity contribution in [2.45, 2.75) is 13.8 Å². The van der Waals surface area contributed by atoms with Crippen LogP contribution in [0.4, 0.5) is 28.7 Å². The van der Waals surface area contributed by atoms with Crippen LogP contribution >= 0.6 is 11.6 Å². The molecule has 28 heavy (non-hydrogen) atoms. The molecular formula is C19H16ClN5O3. The second-order valence-corrected chi connectivity index (χ2v) is 6.38. The molecule has 0 amide bonds. The van der Waals surface area contributed by atoms with Gasteiger partial charge in [0.15, 0.2) is 5.78 Å². The van der Waals surface area contributed by atoms with E-state index in [2.05, 4.69) is 20.6 Å². The lowest BCUT2D eigenvalue weighted by Crippen LogP contribution is -2.06. The quantitative estimate of drug-likeness (QED) is 0.340. The Hall–Kier alpha value is -3.52. The van der Waals surface area contributed by atoms with Crippen LogP contribution in [0.1, 0.15) is 22.8 Å². The Morgan fingerprint density at radius 1 is 1.11 bits per heavy atom. The Labute approximate surface area is 165 Å². The molecule has 2 N–H and O–H groups in total. The number of benzene rings is 2. The smallest absolute Gasteiger partial charge is 0.334 e. The largest absolute Gasteiger partial charge is 0.353 e. The fourth-order valence-corrected chi connectivity index (χ4v) is 2.73. The Morgan fingerprint density at radius 3 is 2.46 bits per heavy atom. The summed E-state index contributed by atoms with van der Waals surface area (Å²) >= 11 is 6.11. The normalized spacial score (nSPS) is 10.4. The van der Waals surface area contributed by atoms with Crippen LogP contribution in [0, 0.1) is 17.0 Å². The molecule has 8 nitrogen and oxygen atoms in total. The number of anilines is 4. The number of hydrogen-bond donors (Lipinski definition) is 2. The van der Waals surface area contributed by atoms with Crippen LogP contribution in [-0.4, -0.2) is 20.7 Å². The molecule has 9 heteroatoms. The summed E-state index contributed by atoms with van der Waals surface area (Å²) in [6.07, 6.45) is 1.21. The molecule has 0 bridgehead atoms. The first kappa shape index (κ1) is 19.2. The number of aromatic nitrogens is 2. The van der Waals surface area contributed by atoms with Crippen LogP contribution in [-0.2, 0) is 0 Å². The third-order valence-electron chi connectivity index (χ3n) is 4.06. The van der Waals surface area contributed by atoms with Crippen LogP contribution in [0.3, 0.4) is 0 Å². The zero-order valence-electron chi connectivity index (χ0n) is 15.1. The van der Waals surface area contributed by atoms with E-state index in [9.17, 15) is 14.9 Å². The van der Waals surface area contributed by atoms with Gasteiger partial charge in [0.05, 0.1) is 4.92 Å². The standard InChI is InChI=1S/C19H16ClN5O3/c1-11-15(20)7-4-8-16(11)24-19-17(25(27)28)18(21-10-22-19)23-14-6-3-5-13(9-14)12(2)26/h3-10H,1-2H3,(H2,21,22,23,24). The Morgan fingerprint density at radius 2 is 1.79 bits per heavy atom. The third-order valence-corrected chi connectivity index (χ3v) is 4.47. The van der Waals surface area contributed by atoms with Gasteiger partial charge in [0.25, 0.3) is 0 Å². The monoisotopic (exact) mass is 397 g/mol. The van der Waals surface area contributed by atoms with Crippen LogP contribution in [0.2, 0.25) is 5.02 Å². The zero-order chi connectivity index (χ0) is 20.3. The molecule has 0 fully saturated rings. The summed E-state index contributed by atoms with van der Waals surface area (Å²) < 4.78 is 0. The lowest BCUT2D eigenvalue weighted by Gasteiger charge is -2.12. The number of carbonyl (C=O) groups excluding carboxylic acids is 1. The topological polar surface area (TPSA) is 110 Å². The van der Waals surface area contributed by atoms with Crippen LogP contribution in [0.25, 0.3) is 0 Å². The average Bonchev–Trinajstić information content (AvgIpc) is 2.65. The number of Topliss-reactive ketones (excluding diaryl/α,β-unsaturated/α-hetero) is 1. The molecule has 0 saturated carbocycles. The molecule has 0 unspecified atom stereocenters. The molecular weight excluding hydrogens is 382 g/mol. The minimum absolute atomic E-state index is 0.00267. The first-order chi connectivity index (χ1) is 13.4. The van der Waals surface area contributed by atoms with Gasteiger partial charge in [0, 0.05) is 22.0 Å². The summed E-state index contributed by atoms with van der Waals surface area (Å²) in [5.74, 6) is -0.0851. The molecule has 1 aromatic heterocycles. The third kappa shape index (κ3) is 4.07. The number of nitro groups is 1. The van der Waals surface area contributed by atoms with Crippen molar-refractivity contribution >= 4 is 46.1 Å².